The van der Waals surface area contributed by atoms with Crippen molar-refractivity contribution >= 4 is 27.7 Å². The van der Waals surface area contributed by atoms with Crippen molar-refractivity contribution in [2.24, 2.45) is 0 Å². The summed E-state index contributed by atoms with van der Waals surface area (Å²) in [6.45, 7) is -0.176. The van der Waals surface area contributed by atoms with Crippen molar-refractivity contribution in [2.45, 2.75) is 6.61 Å². The molecule has 1 N–H and O–H groups in total. The zero-order valence-corrected chi connectivity index (χ0v) is 7.97. The fourth-order valence-electron chi connectivity index (χ4n) is 1.42. The van der Waals surface area contributed by atoms with Crippen LogP contribution in [0.4, 0.5) is 4.39 Å². The van der Waals surface area contributed by atoms with Gasteiger partial charge in [0.2, 0.25) is 0 Å². The molecule has 0 aliphatic heterocycles. The number of benzene rings is 1. The highest BCUT2D eigenvalue weighted by Crippen LogP contribution is 2.30. The number of aliphatic hydroxyl groups excluding tert-OH is 1. The van der Waals surface area contributed by atoms with Gasteiger partial charge in [0.25, 0.3) is 0 Å². The number of hydrogen-bond acceptors (Lipinski definition) is 3. The van der Waals surface area contributed by atoms with Crippen LogP contribution in [0.2, 0.25) is 0 Å². The summed E-state index contributed by atoms with van der Waals surface area (Å²) in [5.74, 6) is -0.352. The molecule has 2 aromatic rings. The molecule has 2 nitrogen and oxygen atoms in total. The monoisotopic (exact) mass is 210 g/mol. The maximum Gasteiger partial charge on any atom is 0.150 e. The second-order valence-corrected chi connectivity index (χ2v) is 3.76. The molecule has 0 atom stereocenters. The van der Waals surface area contributed by atoms with Crippen LogP contribution in [0.5, 0.6) is 0 Å². The van der Waals surface area contributed by atoms with Crippen LogP contribution in [0.15, 0.2) is 17.5 Å². The van der Waals surface area contributed by atoms with Gasteiger partial charge >= 0.3 is 0 Å². The first kappa shape index (κ1) is 9.30. The summed E-state index contributed by atoms with van der Waals surface area (Å²) >= 11 is 1.20. The molecule has 14 heavy (non-hydrogen) atoms. The highest BCUT2D eigenvalue weighted by atomic mass is 32.1. The first-order valence-electron chi connectivity index (χ1n) is 4.02. The largest absolute Gasteiger partial charge is 0.392 e. The van der Waals surface area contributed by atoms with Crippen molar-refractivity contribution in [3.8, 4) is 0 Å². The molecular weight excluding hydrogens is 203 g/mol. The summed E-state index contributed by atoms with van der Waals surface area (Å²) in [7, 11) is 0. The number of carbonyl (C=O) groups excluding carboxylic acids is 1. The normalized spacial score (nSPS) is 10.7. The summed E-state index contributed by atoms with van der Waals surface area (Å²) in [4.78, 5) is 10.7. The van der Waals surface area contributed by atoms with E-state index < -0.39 is 0 Å². The Kier molecular flexibility index (Phi) is 2.31. The van der Waals surface area contributed by atoms with Crippen LogP contribution in [-0.4, -0.2) is 11.4 Å². The van der Waals surface area contributed by atoms with Gasteiger partial charge in [-0.2, -0.15) is 0 Å². The van der Waals surface area contributed by atoms with Crippen LogP contribution >= 0.6 is 11.3 Å². The minimum absolute atomic E-state index is 0.176. The summed E-state index contributed by atoms with van der Waals surface area (Å²) in [5, 5.41) is 11.2. The molecule has 0 spiro atoms. The van der Waals surface area contributed by atoms with Crippen molar-refractivity contribution in [3.05, 3.63) is 34.5 Å². The Morgan fingerprint density at radius 3 is 2.93 bits per heavy atom. The Labute approximate surface area is 83.6 Å². The molecule has 4 heteroatoms. The number of halogens is 1. The van der Waals surface area contributed by atoms with Gasteiger partial charge in [0.05, 0.1) is 11.3 Å². The predicted octanol–water partition coefficient (Wildman–Crippen LogP) is 2.35. The summed E-state index contributed by atoms with van der Waals surface area (Å²) in [6, 6.07) is 2.69. The quantitative estimate of drug-likeness (QED) is 0.772. The predicted molar refractivity (Wildman–Crippen MR) is 53.1 cm³/mol. The highest BCUT2D eigenvalue weighted by molar-refractivity contribution is 7.17. The maximum atomic E-state index is 13.3. The molecule has 0 fully saturated rings. The van der Waals surface area contributed by atoms with Gasteiger partial charge < -0.3 is 5.11 Å². The van der Waals surface area contributed by atoms with Crippen molar-refractivity contribution in [3.63, 3.8) is 0 Å². The van der Waals surface area contributed by atoms with Gasteiger partial charge in [-0.3, -0.25) is 4.79 Å². The Morgan fingerprint density at radius 1 is 1.50 bits per heavy atom. The van der Waals surface area contributed by atoms with Gasteiger partial charge in [0.15, 0.2) is 6.29 Å². The molecule has 0 aliphatic rings. The van der Waals surface area contributed by atoms with Crippen LogP contribution < -0.4 is 0 Å². The fourth-order valence-corrected chi connectivity index (χ4v) is 2.42. The third kappa shape index (κ3) is 1.23. The average molecular weight is 210 g/mol. The molecule has 0 unspecified atom stereocenters. The van der Waals surface area contributed by atoms with Crippen molar-refractivity contribution < 1.29 is 14.3 Å². The lowest BCUT2D eigenvalue weighted by atomic mass is 10.1. The van der Waals surface area contributed by atoms with Gasteiger partial charge in [0, 0.05) is 10.9 Å². The topological polar surface area (TPSA) is 37.3 Å². The van der Waals surface area contributed by atoms with Crippen LogP contribution in [0.25, 0.3) is 10.1 Å². The molecule has 0 saturated carbocycles. The lowest BCUT2D eigenvalue weighted by Crippen LogP contribution is -1.87. The number of rotatable bonds is 2. The molecule has 0 bridgehead atoms. The third-order valence-electron chi connectivity index (χ3n) is 2.08. The van der Waals surface area contributed by atoms with Gasteiger partial charge in [-0.05, 0) is 23.1 Å². The van der Waals surface area contributed by atoms with Gasteiger partial charge in [-0.1, -0.05) is 0 Å². The van der Waals surface area contributed by atoms with Crippen LogP contribution in [0.3, 0.4) is 0 Å². The number of aldehydes is 1. The lowest BCUT2D eigenvalue weighted by molar-refractivity contribution is 0.112. The Bertz CT molecular complexity index is 490. The molecule has 1 aromatic heterocycles. The van der Waals surface area contributed by atoms with E-state index in [0.717, 1.165) is 0 Å². The van der Waals surface area contributed by atoms with E-state index in [2.05, 4.69) is 0 Å². The second kappa shape index (κ2) is 3.48. The first-order chi connectivity index (χ1) is 6.77. The van der Waals surface area contributed by atoms with E-state index in [-0.39, 0.29) is 12.4 Å². The zero-order valence-electron chi connectivity index (χ0n) is 7.16. The number of hydrogen-bond donors (Lipinski definition) is 1. The van der Waals surface area contributed by atoms with Crippen LogP contribution in [-0.2, 0) is 6.61 Å². The van der Waals surface area contributed by atoms with E-state index in [4.69, 9.17) is 5.11 Å². The summed E-state index contributed by atoms with van der Waals surface area (Å²) < 4.78 is 13.7. The number of carbonyl (C=O) groups is 1. The van der Waals surface area contributed by atoms with Crippen LogP contribution in [0, 0.1) is 5.82 Å². The fraction of sp³-hybridized carbons (Fsp3) is 0.100. The molecule has 0 amide bonds. The molecular formula is C10H7FO2S. The number of aliphatic hydroxyl groups is 1. The van der Waals surface area contributed by atoms with Gasteiger partial charge in [-0.25, -0.2) is 4.39 Å². The molecule has 0 aliphatic carbocycles. The van der Waals surface area contributed by atoms with Crippen molar-refractivity contribution in [2.75, 3.05) is 0 Å². The third-order valence-corrected chi connectivity index (χ3v) is 3.12. The Morgan fingerprint density at radius 2 is 2.29 bits per heavy atom. The minimum atomic E-state index is -0.352. The summed E-state index contributed by atoms with van der Waals surface area (Å²) in [6.07, 6.45) is 0.674. The lowest BCUT2D eigenvalue weighted by Gasteiger charge is -1.98. The van der Waals surface area contributed by atoms with E-state index in [1.54, 1.807) is 5.38 Å². The van der Waals surface area contributed by atoms with E-state index >= 15 is 0 Å². The summed E-state index contributed by atoms with van der Waals surface area (Å²) in [5.41, 5.74) is 1.03. The molecule has 0 saturated heterocycles. The first-order valence-corrected chi connectivity index (χ1v) is 4.90. The Balaban J connectivity index is 2.88. The molecule has 0 radical (unpaired) electrons. The van der Waals surface area contributed by atoms with Gasteiger partial charge in [-0.15, -0.1) is 11.3 Å². The molecule has 2 rings (SSSR count). The average Bonchev–Trinajstić information content (AvgIpc) is 2.63. The SMILES string of the molecule is O=Cc1ccc(F)c2scc(CO)c12. The van der Waals surface area contributed by atoms with Crippen LogP contribution in [0.1, 0.15) is 15.9 Å². The molecule has 1 heterocycles. The molecule has 1 aromatic carbocycles. The van der Waals surface area contributed by atoms with Gasteiger partial charge in [0.1, 0.15) is 5.82 Å². The van der Waals surface area contributed by atoms with E-state index in [1.165, 1.54) is 23.5 Å². The number of fused-ring (bicyclic) bond motifs is 1. The minimum Gasteiger partial charge on any atom is -0.392 e. The maximum absolute atomic E-state index is 13.3. The number of thiophene rings is 1. The van der Waals surface area contributed by atoms with E-state index in [9.17, 15) is 9.18 Å². The van der Waals surface area contributed by atoms with Crippen molar-refractivity contribution in [1.82, 2.24) is 0 Å². The second-order valence-electron chi connectivity index (χ2n) is 2.88. The Hall–Kier alpha value is -1.26. The van der Waals surface area contributed by atoms with Crippen molar-refractivity contribution in [1.29, 1.82) is 0 Å². The smallest absolute Gasteiger partial charge is 0.150 e. The highest BCUT2D eigenvalue weighted by Gasteiger charge is 2.11. The zero-order chi connectivity index (χ0) is 10.1. The standard InChI is InChI=1S/C10H7FO2S/c11-8-2-1-6(3-12)9-7(4-13)5-14-10(8)9/h1-3,5,13H,4H2. The van der Waals surface area contributed by atoms with E-state index in [1.807, 2.05) is 0 Å². The van der Waals surface area contributed by atoms with E-state index in [0.29, 0.717) is 27.5 Å². The molecule has 72 valence electrons.